The summed E-state index contributed by atoms with van der Waals surface area (Å²) in [5, 5.41) is 9.95. The predicted molar refractivity (Wildman–Crippen MR) is 64.9 cm³/mol. The number of benzene rings is 1. The van der Waals surface area contributed by atoms with E-state index in [2.05, 4.69) is 20.9 Å². The van der Waals surface area contributed by atoms with Crippen molar-refractivity contribution in [2.24, 2.45) is 0 Å². The van der Waals surface area contributed by atoms with Crippen molar-refractivity contribution in [2.45, 2.75) is 27.7 Å². The van der Waals surface area contributed by atoms with Crippen LogP contribution in [0.4, 0.5) is 0 Å². The topological polar surface area (TPSA) is 29.5 Å². The second-order valence-corrected chi connectivity index (χ2v) is 19.7. The fourth-order valence-corrected chi connectivity index (χ4v) is 5.11. The van der Waals surface area contributed by atoms with Crippen LogP contribution in [0.25, 0.3) is 0 Å². The fourth-order valence-electron chi connectivity index (χ4n) is 1.87. The molecule has 0 spiro atoms. The number of aromatic hydroxyl groups is 1. The molecule has 0 atom stereocenters. The first kappa shape index (κ1) is 11.1. The van der Waals surface area contributed by atoms with Gasteiger partial charge in [0, 0.05) is 0 Å². The Kier molecular flexibility index (Phi) is 2.88. The Hall–Kier alpha value is -0.381. The normalized spacial score (nSPS) is 15.7. The Morgan fingerprint density at radius 3 is 2.67 bits per heavy atom. The van der Waals surface area contributed by atoms with Gasteiger partial charge in [-0.3, -0.25) is 0 Å². The molecule has 3 heteroatoms. The van der Waals surface area contributed by atoms with Gasteiger partial charge in [0.15, 0.2) is 0 Å². The van der Waals surface area contributed by atoms with E-state index in [1.807, 2.05) is 6.07 Å². The number of hydrogen-bond donors (Lipinski definition) is 1. The van der Waals surface area contributed by atoms with Crippen molar-refractivity contribution in [2.75, 3.05) is 6.61 Å². The second-order valence-electron chi connectivity index (χ2n) is 5.17. The van der Waals surface area contributed by atoms with Crippen LogP contribution in [-0.2, 0) is 6.42 Å². The zero-order valence-electron chi connectivity index (χ0n) is 9.63. The third-order valence-electron chi connectivity index (χ3n) is 2.88. The Bertz CT molecular complexity index is 380. The van der Waals surface area contributed by atoms with Crippen molar-refractivity contribution in [3.05, 3.63) is 17.7 Å². The van der Waals surface area contributed by atoms with Crippen LogP contribution in [0.1, 0.15) is 12.0 Å². The van der Waals surface area contributed by atoms with Crippen molar-refractivity contribution < 1.29 is 9.84 Å². The molecule has 1 aromatic rings. The van der Waals surface area contributed by atoms with Crippen LogP contribution in [0.2, 0.25) is 14.8 Å². The molecule has 0 aromatic heterocycles. The molecule has 0 radical (unpaired) electrons. The summed E-state index contributed by atoms with van der Waals surface area (Å²) in [4.78, 5) is 7.04. The minimum absolute atomic E-state index is 0.439. The molecule has 0 saturated carbocycles. The SMILES string of the molecule is [CH3][Sn]([CH3])([CH3])[c]1cc(O)c2c(c1)OCCC2. The molecule has 2 rings (SSSR count). The number of hydrogen-bond acceptors (Lipinski definition) is 2. The van der Waals surface area contributed by atoms with E-state index in [-0.39, 0.29) is 0 Å². The molecule has 15 heavy (non-hydrogen) atoms. The van der Waals surface area contributed by atoms with Gasteiger partial charge in [-0.2, -0.15) is 0 Å². The molecule has 0 aliphatic carbocycles. The average molecular weight is 313 g/mol. The standard InChI is InChI=1S/C9H9O2.3CH3.Sn/c10-8-4-1-5-9-7(8)3-2-6-11-9;;;;/h4-5,10H,2-3,6H2;3*1H3;. The van der Waals surface area contributed by atoms with Crippen molar-refractivity contribution in [3.8, 4) is 11.5 Å². The maximum atomic E-state index is 9.95. The van der Waals surface area contributed by atoms with E-state index in [4.69, 9.17) is 4.74 Å². The molecule has 1 N–H and O–H groups in total. The van der Waals surface area contributed by atoms with E-state index >= 15 is 0 Å². The van der Waals surface area contributed by atoms with E-state index in [0.717, 1.165) is 30.8 Å². The van der Waals surface area contributed by atoms with Crippen LogP contribution >= 0.6 is 0 Å². The van der Waals surface area contributed by atoms with Gasteiger partial charge < -0.3 is 0 Å². The van der Waals surface area contributed by atoms with Crippen LogP contribution in [0.15, 0.2) is 12.1 Å². The number of fused-ring (bicyclic) bond motifs is 1. The molecule has 2 nitrogen and oxygen atoms in total. The summed E-state index contributed by atoms with van der Waals surface area (Å²) in [5.74, 6) is 1.36. The van der Waals surface area contributed by atoms with E-state index in [9.17, 15) is 5.11 Å². The second kappa shape index (κ2) is 3.89. The molecular weight excluding hydrogens is 295 g/mol. The predicted octanol–water partition coefficient (Wildman–Crippen LogP) is 2.26. The van der Waals surface area contributed by atoms with Crippen LogP contribution in [0, 0.1) is 0 Å². The molecule has 0 amide bonds. The van der Waals surface area contributed by atoms with E-state index in [1.54, 1.807) is 0 Å². The third kappa shape index (κ3) is 2.24. The molecule has 1 heterocycles. The molecular formula is C12H18O2Sn. The summed E-state index contributed by atoms with van der Waals surface area (Å²) in [6.07, 6.45) is 1.96. The van der Waals surface area contributed by atoms with Gasteiger partial charge in [0.2, 0.25) is 0 Å². The first-order chi connectivity index (χ1) is 6.98. The Morgan fingerprint density at radius 2 is 2.00 bits per heavy atom. The van der Waals surface area contributed by atoms with Gasteiger partial charge in [0.25, 0.3) is 0 Å². The minimum atomic E-state index is -2.09. The molecule has 0 fully saturated rings. The van der Waals surface area contributed by atoms with Gasteiger partial charge in [-0.25, -0.2) is 0 Å². The summed E-state index contributed by atoms with van der Waals surface area (Å²) >= 11 is -2.09. The summed E-state index contributed by atoms with van der Waals surface area (Å²) in [5.41, 5.74) is 1.00. The quantitative estimate of drug-likeness (QED) is 0.806. The van der Waals surface area contributed by atoms with Crippen LogP contribution in [0.5, 0.6) is 11.5 Å². The Morgan fingerprint density at radius 1 is 1.27 bits per heavy atom. The summed E-state index contributed by atoms with van der Waals surface area (Å²) in [6, 6.07) is 4.12. The van der Waals surface area contributed by atoms with Crippen molar-refractivity contribution >= 4 is 22.0 Å². The number of rotatable bonds is 1. The first-order valence-corrected chi connectivity index (χ1v) is 15.5. The summed E-state index contributed by atoms with van der Waals surface area (Å²) in [7, 11) is 0. The maximum absolute atomic E-state index is 9.95. The average Bonchev–Trinajstić information content (AvgIpc) is 2.16. The Balaban J connectivity index is 2.50. The van der Waals surface area contributed by atoms with Crippen LogP contribution in [-0.4, -0.2) is 30.1 Å². The zero-order valence-corrected chi connectivity index (χ0v) is 12.5. The fraction of sp³-hybridized carbons (Fsp3) is 0.500. The summed E-state index contributed by atoms with van der Waals surface area (Å²) < 4.78 is 6.95. The van der Waals surface area contributed by atoms with E-state index in [0.29, 0.717) is 5.75 Å². The van der Waals surface area contributed by atoms with E-state index < -0.39 is 18.4 Å². The third-order valence-corrected chi connectivity index (χ3v) is 8.65. The van der Waals surface area contributed by atoms with Crippen molar-refractivity contribution in [3.63, 3.8) is 0 Å². The van der Waals surface area contributed by atoms with Gasteiger partial charge in [-0.15, -0.1) is 0 Å². The molecule has 1 aromatic carbocycles. The Labute approximate surface area is 95.1 Å². The number of phenols is 1. The van der Waals surface area contributed by atoms with Gasteiger partial charge in [-0.1, -0.05) is 0 Å². The first-order valence-electron chi connectivity index (χ1n) is 5.47. The number of ether oxygens (including phenoxy) is 1. The molecule has 1 aliphatic rings. The van der Waals surface area contributed by atoms with Gasteiger partial charge >= 0.3 is 95.3 Å². The van der Waals surface area contributed by atoms with Gasteiger partial charge in [0.1, 0.15) is 0 Å². The monoisotopic (exact) mass is 314 g/mol. The summed E-state index contributed by atoms with van der Waals surface area (Å²) in [6.45, 7) is 0.787. The molecule has 0 unspecified atom stereocenters. The van der Waals surface area contributed by atoms with Crippen molar-refractivity contribution in [1.82, 2.24) is 0 Å². The molecule has 0 saturated heterocycles. The molecule has 82 valence electrons. The van der Waals surface area contributed by atoms with Crippen LogP contribution in [0.3, 0.4) is 0 Å². The zero-order chi connectivity index (χ0) is 11.1. The van der Waals surface area contributed by atoms with Crippen LogP contribution < -0.4 is 8.32 Å². The van der Waals surface area contributed by atoms with Gasteiger partial charge in [-0.05, 0) is 0 Å². The van der Waals surface area contributed by atoms with Crippen molar-refractivity contribution in [1.29, 1.82) is 0 Å². The van der Waals surface area contributed by atoms with Gasteiger partial charge in [0.05, 0.1) is 0 Å². The van der Waals surface area contributed by atoms with E-state index in [1.165, 1.54) is 3.58 Å². The number of phenolic OH excluding ortho intramolecular Hbond substituents is 1. The molecule has 1 aliphatic heterocycles. The molecule has 0 bridgehead atoms.